The smallest absolute Gasteiger partial charge is 0.286 e. The average molecular weight is 364 g/mol. The number of hydrogen-bond donors (Lipinski definition) is 1. The molecule has 4 rings (SSSR count). The molecule has 0 saturated carbocycles. The maximum atomic E-state index is 11.6. The zero-order valence-corrected chi connectivity index (χ0v) is 14.9. The van der Waals surface area contributed by atoms with Crippen molar-refractivity contribution in [3.05, 3.63) is 71.8 Å². The van der Waals surface area contributed by atoms with Crippen LogP contribution in [-0.2, 0) is 6.54 Å². The predicted molar refractivity (Wildman–Crippen MR) is 100.0 cm³/mol. The Labute approximate surface area is 154 Å². The van der Waals surface area contributed by atoms with Crippen molar-refractivity contribution in [2.75, 3.05) is 7.05 Å². The second-order valence-corrected chi connectivity index (χ2v) is 6.49. The van der Waals surface area contributed by atoms with Gasteiger partial charge in [0.15, 0.2) is 16.6 Å². The Kier molecular flexibility index (Phi) is 4.37. The largest absolute Gasteiger partial charge is 0.454 e. The van der Waals surface area contributed by atoms with Crippen LogP contribution in [0.3, 0.4) is 0 Å². The van der Waals surface area contributed by atoms with Crippen LogP contribution in [0.2, 0.25) is 0 Å². The fourth-order valence-corrected chi connectivity index (χ4v) is 3.47. The highest BCUT2D eigenvalue weighted by atomic mass is 32.1. The molecule has 4 aromatic rings. The molecule has 1 N–H and O–H groups in total. The third kappa shape index (κ3) is 3.16. The van der Waals surface area contributed by atoms with Crippen molar-refractivity contribution >= 4 is 17.2 Å². The molecular formula is C19H16N4O2S. The van der Waals surface area contributed by atoms with Gasteiger partial charge in [0.05, 0.1) is 12.2 Å². The SMILES string of the molecule is CNC(=O)c1ccc(Cn2ccnc2-c2nc(-c3ccccc3)cs2)o1. The number of benzene rings is 1. The number of amides is 1. The Balaban J connectivity index is 1.59. The molecule has 3 heterocycles. The molecule has 7 heteroatoms. The monoisotopic (exact) mass is 364 g/mol. The van der Waals surface area contributed by atoms with Crippen molar-refractivity contribution in [1.29, 1.82) is 0 Å². The van der Waals surface area contributed by atoms with Crippen LogP contribution in [0.15, 0.2) is 64.7 Å². The lowest BCUT2D eigenvalue weighted by Crippen LogP contribution is -2.16. The zero-order valence-electron chi connectivity index (χ0n) is 14.0. The fourth-order valence-electron chi connectivity index (χ4n) is 2.63. The zero-order chi connectivity index (χ0) is 17.9. The number of nitrogens with zero attached hydrogens (tertiary/aromatic N) is 3. The molecule has 0 spiro atoms. The number of hydrogen-bond acceptors (Lipinski definition) is 5. The van der Waals surface area contributed by atoms with Gasteiger partial charge in [-0.3, -0.25) is 4.79 Å². The molecule has 0 aliphatic carbocycles. The topological polar surface area (TPSA) is 73.0 Å². The summed E-state index contributed by atoms with van der Waals surface area (Å²) in [4.78, 5) is 20.8. The van der Waals surface area contributed by atoms with Crippen molar-refractivity contribution in [2.45, 2.75) is 6.54 Å². The molecule has 6 nitrogen and oxygen atoms in total. The lowest BCUT2D eigenvalue weighted by molar-refractivity contribution is 0.0933. The van der Waals surface area contributed by atoms with Crippen molar-refractivity contribution in [2.24, 2.45) is 0 Å². The number of carbonyl (C=O) groups is 1. The van der Waals surface area contributed by atoms with Gasteiger partial charge in [-0.25, -0.2) is 9.97 Å². The van der Waals surface area contributed by atoms with E-state index in [4.69, 9.17) is 9.40 Å². The van der Waals surface area contributed by atoms with E-state index in [1.807, 2.05) is 46.5 Å². The quantitative estimate of drug-likeness (QED) is 0.586. The third-order valence-electron chi connectivity index (χ3n) is 3.92. The van der Waals surface area contributed by atoms with E-state index in [1.165, 1.54) is 0 Å². The van der Waals surface area contributed by atoms with Crippen molar-refractivity contribution in [3.63, 3.8) is 0 Å². The molecule has 1 aromatic carbocycles. The standard InChI is InChI=1S/C19H16N4O2S/c1-20-18(24)16-8-7-14(25-16)11-23-10-9-21-17(23)19-22-15(12-26-19)13-5-3-2-4-6-13/h2-10,12H,11H2,1H3,(H,20,24). The van der Waals surface area contributed by atoms with Gasteiger partial charge in [0.1, 0.15) is 5.76 Å². The van der Waals surface area contributed by atoms with Crippen LogP contribution < -0.4 is 5.32 Å². The summed E-state index contributed by atoms with van der Waals surface area (Å²) in [5, 5.41) is 5.42. The van der Waals surface area contributed by atoms with E-state index in [1.54, 1.807) is 36.7 Å². The molecule has 0 saturated heterocycles. The summed E-state index contributed by atoms with van der Waals surface area (Å²) in [6.45, 7) is 0.479. The van der Waals surface area contributed by atoms with Gasteiger partial charge in [0.25, 0.3) is 5.91 Å². The number of nitrogens with one attached hydrogen (secondary N) is 1. The Morgan fingerprint density at radius 2 is 2.08 bits per heavy atom. The summed E-state index contributed by atoms with van der Waals surface area (Å²) in [5.74, 6) is 1.51. The number of aromatic nitrogens is 3. The highest BCUT2D eigenvalue weighted by Gasteiger charge is 2.14. The van der Waals surface area contributed by atoms with Crippen LogP contribution in [0.1, 0.15) is 16.3 Å². The van der Waals surface area contributed by atoms with Crippen molar-refractivity contribution < 1.29 is 9.21 Å². The second-order valence-electron chi connectivity index (χ2n) is 5.63. The van der Waals surface area contributed by atoms with Gasteiger partial charge in [0.2, 0.25) is 0 Å². The van der Waals surface area contributed by atoms with E-state index >= 15 is 0 Å². The highest BCUT2D eigenvalue weighted by molar-refractivity contribution is 7.13. The molecule has 0 aliphatic rings. The molecular weight excluding hydrogens is 348 g/mol. The normalized spacial score (nSPS) is 10.8. The first-order valence-electron chi connectivity index (χ1n) is 8.08. The van der Waals surface area contributed by atoms with Crippen LogP contribution in [0.4, 0.5) is 0 Å². The van der Waals surface area contributed by atoms with Crippen molar-refractivity contribution in [1.82, 2.24) is 19.9 Å². The Bertz CT molecular complexity index is 1030. The average Bonchev–Trinajstić information content (AvgIpc) is 3.42. The van der Waals surface area contributed by atoms with Gasteiger partial charge in [-0.15, -0.1) is 11.3 Å². The second kappa shape index (κ2) is 6.97. The summed E-state index contributed by atoms with van der Waals surface area (Å²) in [6.07, 6.45) is 3.61. The molecule has 0 fully saturated rings. The van der Waals surface area contributed by atoms with Crippen molar-refractivity contribution in [3.8, 4) is 22.1 Å². The van der Waals surface area contributed by atoms with Gasteiger partial charge >= 0.3 is 0 Å². The van der Waals surface area contributed by atoms with Crippen LogP contribution in [-0.4, -0.2) is 27.5 Å². The molecule has 0 unspecified atom stereocenters. The first-order chi connectivity index (χ1) is 12.7. The minimum Gasteiger partial charge on any atom is -0.454 e. The van der Waals surface area contributed by atoms with Crippen LogP contribution in [0.5, 0.6) is 0 Å². The Morgan fingerprint density at radius 1 is 1.23 bits per heavy atom. The molecule has 0 radical (unpaired) electrons. The summed E-state index contributed by atoms with van der Waals surface area (Å²) < 4.78 is 7.56. The summed E-state index contributed by atoms with van der Waals surface area (Å²) in [5.41, 5.74) is 2.01. The van der Waals surface area contributed by atoms with E-state index in [2.05, 4.69) is 10.3 Å². The van der Waals surface area contributed by atoms with Gasteiger partial charge in [-0.05, 0) is 12.1 Å². The molecule has 0 bridgehead atoms. The van der Waals surface area contributed by atoms with E-state index in [-0.39, 0.29) is 5.91 Å². The number of rotatable bonds is 5. The summed E-state index contributed by atoms with van der Waals surface area (Å²) in [6, 6.07) is 13.5. The molecule has 0 aliphatic heterocycles. The summed E-state index contributed by atoms with van der Waals surface area (Å²) >= 11 is 1.55. The Hall–Kier alpha value is -3.19. The highest BCUT2D eigenvalue weighted by Crippen LogP contribution is 2.28. The van der Waals surface area contributed by atoms with E-state index in [0.29, 0.717) is 18.1 Å². The number of imidazole rings is 1. The lowest BCUT2D eigenvalue weighted by atomic mass is 10.2. The minimum absolute atomic E-state index is 0.241. The van der Waals surface area contributed by atoms with Crippen LogP contribution >= 0.6 is 11.3 Å². The molecule has 26 heavy (non-hydrogen) atoms. The Morgan fingerprint density at radius 3 is 2.88 bits per heavy atom. The van der Waals surface area contributed by atoms with E-state index < -0.39 is 0 Å². The number of thiazole rings is 1. The number of carbonyl (C=O) groups excluding carboxylic acids is 1. The van der Waals surface area contributed by atoms with E-state index in [9.17, 15) is 4.79 Å². The maximum absolute atomic E-state index is 11.6. The fraction of sp³-hybridized carbons (Fsp3) is 0.105. The van der Waals surface area contributed by atoms with Crippen LogP contribution in [0, 0.1) is 0 Å². The van der Waals surface area contributed by atoms with E-state index in [0.717, 1.165) is 22.1 Å². The first kappa shape index (κ1) is 16.3. The number of furan rings is 1. The van der Waals surface area contributed by atoms with Gasteiger partial charge < -0.3 is 14.3 Å². The maximum Gasteiger partial charge on any atom is 0.286 e. The van der Waals surface area contributed by atoms with Crippen LogP contribution in [0.25, 0.3) is 22.1 Å². The minimum atomic E-state index is -0.241. The van der Waals surface area contributed by atoms with Gasteiger partial charge in [-0.2, -0.15) is 0 Å². The lowest BCUT2D eigenvalue weighted by Gasteiger charge is -2.03. The molecule has 0 atom stereocenters. The summed E-state index contributed by atoms with van der Waals surface area (Å²) in [7, 11) is 1.57. The molecule has 130 valence electrons. The van der Waals surface area contributed by atoms with Gasteiger partial charge in [-0.1, -0.05) is 30.3 Å². The first-order valence-corrected chi connectivity index (χ1v) is 8.96. The molecule has 1 amide bonds. The molecule has 3 aromatic heterocycles. The third-order valence-corrected chi connectivity index (χ3v) is 4.76. The van der Waals surface area contributed by atoms with Gasteiger partial charge in [0, 0.05) is 30.4 Å². The predicted octanol–water partition coefficient (Wildman–Crippen LogP) is 3.67.